The lowest BCUT2D eigenvalue weighted by Crippen LogP contribution is -2.12. The maximum Gasteiger partial charge on any atom is 0.141 e. The van der Waals surface area contributed by atoms with Gasteiger partial charge in [-0.25, -0.2) is 0 Å². The number of pyridine rings is 1. The van der Waals surface area contributed by atoms with Crippen molar-refractivity contribution >= 4 is 5.84 Å². The summed E-state index contributed by atoms with van der Waals surface area (Å²) >= 11 is 0. The molecule has 0 spiro atoms. The van der Waals surface area contributed by atoms with Gasteiger partial charge < -0.3 is 10.5 Å². The van der Waals surface area contributed by atoms with Crippen molar-refractivity contribution in [3.8, 4) is 11.5 Å². The van der Waals surface area contributed by atoms with Crippen LogP contribution in [0.15, 0.2) is 42.6 Å². The molecule has 0 bridgehead atoms. The fraction of sp³-hybridized carbons (Fsp3) is 0.250. The molecule has 2 aromatic rings. The normalized spacial score (nSPS) is 10.2. The highest BCUT2D eigenvalue weighted by atomic mass is 16.5. The Hall–Kier alpha value is -2.36. The number of hydrogen-bond donors (Lipinski definition) is 2. The van der Waals surface area contributed by atoms with E-state index in [9.17, 15) is 0 Å². The molecule has 1 aromatic heterocycles. The predicted molar refractivity (Wildman–Crippen MR) is 80.4 cm³/mol. The van der Waals surface area contributed by atoms with Crippen molar-refractivity contribution in [1.29, 1.82) is 5.41 Å². The Morgan fingerprint density at radius 1 is 1.20 bits per heavy atom. The number of nitrogens with one attached hydrogen (secondary N) is 1. The van der Waals surface area contributed by atoms with E-state index in [1.165, 1.54) is 18.4 Å². The van der Waals surface area contributed by atoms with Crippen molar-refractivity contribution in [1.82, 2.24) is 4.98 Å². The van der Waals surface area contributed by atoms with Crippen LogP contribution in [-0.2, 0) is 6.42 Å². The Balaban J connectivity index is 2.06. The standard InChI is InChI=1S/C16H19N3O/c1-2-3-4-12-5-7-13(8-6-12)20-14-9-10-19-15(11-14)16(17)18/h5-11H,2-4H2,1H3,(H3,17,18). The van der Waals surface area contributed by atoms with E-state index >= 15 is 0 Å². The maximum atomic E-state index is 7.36. The minimum atomic E-state index is -0.0645. The monoisotopic (exact) mass is 269 g/mol. The van der Waals surface area contributed by atoms with Crippen LogP contribution in [0.2, 0.25) is 0 Å². The van der Waals surface area contributed by atoms with Crippen LogP contribution < -0.4 is 10.5 Å². The van der Waals surface area contributed by atoms with Crippen molar-refractivity contribution in [3.63, 3.8) is 0 Å². The molecule has 4 nitrogen and oxygen atoms in total. The number of unbranched alkanes of at least 4 members (excludes halogenated alkanes) is 1. The molecule has 3 N–H and O–H groups in total. The van der Waals surface area contributed by atoms with E-state index in [-0.39, 0.29) is 5.84 Å². The summed E-state index contributed by atoms with van der Waals surface area (Å²) in [5.74, 6) is 1.34. The minimum Gasteiger partial charge on any atom is -0.457 e. The molecule has 20 heavy (non-hydrogen) atoms. The third kappa shape index (κ3) is 3.82. The van der Waals surface area contributed by atoms with Gasteiger partial charge in [0.2, 0.25) is 0 Å². The van der Waals surface area contributed by atoms with Gasteiger partial charge in [-0.3, -0.25) is 10.4 Å². The van der Waals surface area contributed by atoms with Crippen LogP contribution in [0.1, 0.15) is 31.0 Å². The number of nitrogen functional groups attached to an aromatic ring is 1. The lowest BCUT2D eigenvalue weighted by molar-refractivity contribution is 0.481. The van der Waals surface area contributed by atoms with E-state index in [1.54, 1.807) is 18.3 Å². The summed E-state index contributed by atoms with van der Waals surface area (Å²) in [5, 5.41) is 7.36. The molecule has 2 rings (SSSR count). The second-order valence-corrected chi connectivity index (χ2v) is 4.64. The molecule has 1 aromatic carbocycles. The largest absolute Gasteiger partial charge is 0.457 e. The summed E-state index contributed by atoms with van der Waals surface area (Å²) in [6.45, 7) is 2.19. The van der Waals surface area contributed by atoms with Gasteiger partial charge in [0.15, 0.2) is 0 Å². The zero-order valence-corrected chi connectivity index (χ0v) is 11.6. The highest BCUT2D eigenvalue weighted by molar-refractivity contribution is 5.93. The first-order valence-corrected chi connectivity index (χ1v) is 6.76. The summed E-state index contributed by atoms with van der Waals surface area (Å²) in [6, 6.07) is 11.5. The van der Waals surface area contributed by atoms with Gasteiger partial charge in [0.25, 0.3) is 0 Å². The van der Waals surface area contributed by atoms with Crippen LogP contribution in [0, 0.1) is 5.41 Å². The van der Waals surface area contributed by atoms with Gasteiger partial charge >= 0.3 is 0 Å². The fourth-order valence-electron chi connectivity index (χ4n) is 1.86. The number of aromatic nitrogens is 1. The Labute approximate surface area is 119 Å². The molecule has 0 amide bonds. The van der Waals surface area contributed by atoms with Gasteiger partial charge in [-0.15, -0.1) is 0 Å². The molecule has 0 atom stereocenters. The van der Waals surface area contributed by atoms with Crippen molar-refractivity contribution in [2.45, 2.75) is 26.2 Å². The third-order valence-corrected chi connectivity index (χ3v) is 2.99. The summed E-state index contributed by atoms with van der Waals surface area (Å²) in [6.07, 6.45) is 5.08. The molecular formula is C16H19N3O. The van der Waals surface area contributed by atoms with Crippen LogP contribution in [0.25, 0.3) is 0 Å². The van der Waals surface area contributed by atoms with Crippen LogP contribution in [0.5, 0.6) is 11.5 Å². The molecule has 0 fully saturated rings. The predicted octanol–water partition coefficient (Wildman–Crippen LogP) is 3.50. The zero-order chi connectivity index (χ0) is 14.4. The molecular weight excluding hydrogens is 250 g/mol. The van der Waals surface area contributed by atoms with E-state index < -0.39 is 0 Å². The topological polar surface area (TPSA) is 72.0 Å². The van der Waals surface area contributed by atoms with Gasteiger partial charge in [-0.2, -0.15) is 0 Å². The lowest BCUT2D eigenvalue weighted by atomic mass is 10.1. The second-order valence-electron chi connectivity index (χ2n) is 4.64. The molecule has 0 aliphatic heterocycles. The minimum absolute atomic E-state index is 0.0645. The number of benzene rings is 1. The van der Waals surface area contributed by atoms with Crippen LogP contribution >= 0.6 is 0 Å². The van der Waals surface area contributed by atoms with Gasteiger partial charge in [0.1, 0.15) is 23.0 Å². The van der Waals surface area contributed by atoms with E-state index in [0.29, 0.717) is 11.4 Å². The zero-order valence-electron chi connectivity index (χ0n) is 11.6. The molecule has 0 unspecified atom stereocenters. The molecule has 1 heterocycles. The molecule has 0 saturated heterocycles. The van der Waals surface area contributed by atoms with Gasteiger partial charge in [-0.1, -0.05) is 25.5 Å². The number of amidine groups is 1. The second kappa shape index (κ2) is 6.70. The first-order valence-electron chi connectivity index (χ1n) is 6.76. The average Bonchev–Trinajstić information content (AvgIpc) is 2.47. The number of rotatable bonds is 6. The third-order valence-electron chi connectivity index (χ3n) is 2.99. The van der Waals surface area contributed by atoms with Crippen LogP contribution in [-0.4, -0.2) is 10.8 Å². The summed E-state index contributed by atoms with van der Waals surface area (Å²) in [5.41, 5.74) is 7.14. The highest BCUT2D eigenvalue weighted by Crippen LogP contribution is 2.22. The Bertz CT molecular complexity index is 579. The van der Waals surface area contributed by atoms with E-state index in [2.05, 4.69) is 24.0 Å². The number of hydrogen-bond acceptors (Lipinski definition) is 3. The van der Waals surface area contributed by atoms with Crippen molar-refractivity contribution < 1.29 is 4.74 Å². The quantitative estimate of drug-likeness (QED) is 0.622. The van der Waals surface area contributed by atoms with Crippen molar-refractivity contribution in [2.75, 3.05) is 0 Å². The number of nitrogens with zero attached hydrogens (tertiary/aromatic N) is 1. The molecule has 0 aliphatic rings. The summed E-state index contributed by atoms with van der Waals surface area (Å²) in [4.78, 5) is 4.00. The first kappa shape index (κ1) is 14.1. The smallest absolute Gasteiger partial charge is 0.141 e. The lowest BCUT2D eigenvalue weighted by Gasteiger charge is -2.07. The van der Waals surface area contributed by atoms with Crippen molar-refractivity contribution in [2.24, 2.45) is 5.73 Å². The Kier molecular flexibility index (Phi) is 4.71. The number of nitrogens with two attached hydrogens (primary N) is 1. The van der Waals surface area contributed by atoms with Crippen molar-refractivity contribution in [3.05, 3.63) is 53.9 Å². The average molecular weight is 269 g/mol. The molecule has 0 saturated carbocycles. The van der Waals surface area contributed by atoms with Gasteiger partial charge in [-0.05, 0) is 36.6 Å². The first-order chi connectivity index (χ1) is 9.69. The van der Waals surface area contributed by atoms with Crippen LogP contribution in [0.3, 0.4) is 0 Å². The molecule has 0 radical (unpaired) electrons. The SMILES string of the molecule is CCCCc1ccc(Oc2ccnc(C(=N)N)c2)cc1. The van der Waals surface area contributed by atoms with E-state index in [1.807, 2.05) is 12.1 Å². The molecule has 4 heteroatoms. The van der Waals surface area contributed by atoms with E-state index in [0.717, 1.165) is 12.2 Å². The Morgan fingerprint density at radius 3 is 2.60 bits per heavy atom. The van der Waals surface area contributed by atoms with Gasteiger partial charge in [0.05, 0.1) is 0 Å². The fourth-order valence-corrected chi connectivity index (χ4v) is 1.86. The van der Waals surface area contributed by atoms with Crippen LogP contribution in [0.4, 0.5) is 0 Å². The summed E-state index contributed by atoms with van der Waals surface area (Å²) in [7, 11) is 0. The van der Waals surface area contributed by atoms with Gasteiger partial charge in [0, 0.05) is 12.3 Å². The molecule has 104 valence electrons. The highest BCUT2D eigenvalue weighted by Gasteiger charge is 2.02. The maximum absolute atomic E-state index is 7.36. The molecule has 0 aliphatic carbocycles. The summed E-state index contributed by atoms with van der Waals surface area (Å²) < 4.78 is 5.74. The number of aryl methyl sites for hydroxylation is 1. The number of ether oxygens (including phenoxy) is 1. The van der Waals surface area contributed by atoms with E-state index in [4.69, 9.17) is 15.9 Å². The Morgan fingerprint density at radius 2 is 1.95 bits per heavy atom.